The van der Waals surface area contributed by atoms with Gasteiger partial charge in [0.15, 0.2) is 0 Å². The van der Waals surface area contributed by atoms with E-state index in [0.717, 1.165) is 6.92 Å². The number of unbranched alkanes of at least 4 members (excludes halogenated alkanes) is 1. The average molecular weight is 234 g/mol. The largest absolute Gasteiger partial charge is 0.550 e. The molecule has 0 bridgehead atoms. The van der Waals surface area contributed by atoms with Crippen molar-refractivity contribution >= 4 is 13.9 Å². The van der Waals surface area contributed by atoms with Gasteiger partial charge in [-0.15, -0.1) is 0 Å². The van der Waals surface area contributed by atoms with Gasteiger partial charge in [-0.2, -0.15) is 0 Å². The summed E-state index contributed by atoms with van der Waals surface area (Å²) in [5.74, 6) is -1.08. The number of hydrogen-bond acceptors (Lipinski definition) is 2. The molecule has 3 heteroatoms. The lowest BCUT2D eigenvalue weighted by Crippen LogP contribution is -2.16. The van der Waals surface area contributed by atoms with Crippen LogP contribution >= 0.6 is 7.92 Å². The molecule has 0 fully saturated rings. The SMILES string of the molecule is CC(=O)[O-].CCCC[PH+](CCC)CCC. The van der Waals surface area contributed by atoms with Crippen LogP contribution in [0.25, 0.3) is 0 Å². The highest BCUT2D eigenvalue weighted by Crippen LogP contribution is 2.37. The van der Waals surface area contributed by atoms with E-state index in [0.29, 0.717) is 0 Å². The predicted octanol–water partition coefficient (Wildman–Crippen LogP) is 2.58. The maximum atomic E-state index is 8.89. The highest BCUT2D eigenvalue weighted by Gasteiger charge is 2.11. The first-order valence-corrected chi connectivity index (χ1v) is 8.21. The molecule has 0 unspecified atom stereocenters. The van der Waals surface area contributed by atoms with Crippen molar-refractivity contribution in [1.29, 1.82) is 0 Å². The van der Waals surface area contributed by atoms with Crippen molar-refractivity contribution in [1.82, 2.24) is 0 Å². The number of carbonyl (C=O) groups excluding carboxylic acids is 1. The standard InChI is InChI=1S/C10H23P.C2H4O2/c1-4-7-10-11(8-5-2)9-6-3;1-2(3)4/h4-10H2,1-3H3;1H3,(H,3,4). The van der Waals surface area contributed by atoms with E-state index in [-0.39, 0.29) is 7.92 Å². The number of carboxylic acid groups (broad SMARTS) is 1. The van der Waals surface area contributed by atoms with Gasteiger partial charge >= 0.3 is 0 Å². The first-order chi connectivity index (χ1) is 7.08. The molecular formula is C12H27O2P. The summed E-state index contributed by atoms with van der Waals surface area (Å²) in [6.07, 6.45) is 10.4. The predicted molar refractivity (Wildman–Crippen MR) is 69.1 cm³/mol. The van der Waals surface area contributed by atoms with Crippen LogP contribution in [0.5, 0.6) is 0 Å². The molecule has 15 heavy (non-hydrogen) atoms. The summed E-state index contributed by atoms with van der Waals surface area (Å²) in [6, 6.07) is 0. The summed E-state index contributed by atoms with van der Waals surface area (Å²) in [6.45, 7) is 7.93. The molecule has 92 valence electrons. The molecule has 2 nitrogen and oxygen atoms in total. The third kappa shape index (κ3) is 20.1. The van der Waals surface area contributed by atoms with Gasteiger partial charge in [0, 0.05) is 13.9 Å². The molecular weight excluding hydrogens is 207 g/mol. The van der Waals surface area contributed by atoms with E-state index in [1.807, 2.05) is 0 Å². The highest BCUT2D eigenvalue weighted by atomic mass is 31.1. The minimum atomic E-state index is -1.08. The Hall–Kier alpha value is -0.100. The van der Waals surface area contributed by atoms with Crippen LogP contribution in [0.4, 0.5) is 0 Å². The van der Waals surface area contributed by atoms with E-state index in [1.165, 1.54) is 25.7 Å². The summed E-state index contributed by atoms with van der Waals surface area (Å²) in [5.41, 5.74) is 0. The third-order valence-electron chi connectivity index (χ3n) is 2.09. The highest BCUT2D eigenvalue weighted by molar-refractivity contribution is 7.57. The van der Waals surface area contributed by atoms with Crippen molar-refractivity contribution in [2.45, 2.75) is 53.4 Å². The molecule has 0 rings (SSSR count). The first kappa shape index (κ1) is 17.3. The molecule has 0 aliphatic rings. The zero-order chi connectivity index (χ0) is 12.1. The van der Waals surface area contributed by atoms with Crippen LogP contribution in [0.3, 0.4) is 0 Å². The molecule has 0 saturated heterocycles. The Labute approximate surface area is 96.2 Å². The lowest BCUT2D eigenvalue weighted by molar-refractivity contribution is -0.302. The number of carboxylic acids is 1. The molecule has 0 spiro atoms. The quantitative estimate of drug-likeness (QED) is 0.635. The van der Waals surface area contributed by atoms with Gasteiger partial charge in [-0.25, -0.2) is 0 Å². The fraction of sp³-hybridized carbons (Fsp3) is 0.917. The average Bonchev–Trinajstić information content (AvgIpc) is 2.14. The second-order valence-corrected chi connectivity index (χ2v) is 6.85. The Morgan fingerprint density at radius 2 is 1.40 bits per heavy atom. The van der Waals surface area contributed by atoms with Crippen molar-refractivity contribution in [2.75, 3.05) is 18.5 Å². The van der Waals surface area contributed by atoms with Gasteiger partial charge in [-0.3, -0.25) is 0 Å². The number of hydrogen-bond donors (Lipinski definition) is 0. The maximum absolute atomic E-state index is 8.89. The van der Waals surface area contributed by atoms with Crippen molar-refractivity contribution in [2.24, 2.45) is 0 Å². The smallest absolute Gasteiger partial charge is 0.0571 e. The Kier molecular flexibility index (Phi) is 16.0. The van der Waals surface area contributed by atoms with E-state index in [4.69, 9.17) is 9.90 Å². The van der Waals surface area contributed by atoms with Crippen molar-refractivity contribution in [3.63, 3.8) is 0 Å². The summed E-state index contributed by atoms with van der Waals surface area (Å²) in [5, 5.41) is 8.89. The lowest BCUT2D eigenvalue weighted by Gasteiger charge is -2.07. The van der Waals surface area contributed by atoms with Crippen molar-refractivity contribution in [3.8, 4) is 0 Å². The Morgan fingerprint density at radius 3 is 1.67 bits per heavy atom. The molecule has 0 aliphatic carbocycles. The molecule has 0 N–H and O–H groups in total. The van der Waals surface area contributed by atoms with E-state index in [9.17, 15) is 0 Å². The second kappa shape index (κ2) is 13.9. The zero-order valence-corrected chi connectivity index (χ0v) is 11.8. The van der Waals surface area contributed by atoms with Crippen LogP contribution in [-0.4, -0.2) is 24.5 Å². The van der Waals surface area contributed by atoms with Crippen LogP contribution in [0, 0.1) is 0 Å². The molecule has 0 heterocycles. The molecule has 0 aromatic rings. The molecule has 0 aromatic carbocycles. The van der Waals surface area contributed by atoms with Gasteiger partial charge in [0.25, 0.3) is 0 Å². The maximum Gasteiger partial charge on any atom is 0.0571 e. The van der Waals surface area contributed by atoms with Crippen LogP contribution in [0.15, 0.2) is 0 Å². The summed E-state index contributed by atoms with van der Waals surface area (Å²) >= 11 is 0. The van der Waals surface area contributed by atoms with Crippen LogP contribution in [0.1, 0.15) is 53.4 Å². The van der Waals surface area contributed by atoms with Gasteiger partial charge in [-0.05, 0) is 26.2 Å². The Bertz CT molecular complexity index is 128. The number of aliphatic carboxylic acids is 1. The number of carbonyl (C=O) groups is 1. The van der Waals surface area contributed by atoms with E-state index in [1.54, 1.807) is 18.5 Å². The lowest BCUT2D eigenvalue weighted by atomic mass is 10.4. The summed E-state index contributed by atoms with van der Waals surface area (Å²) in [4.78, 5) is 8.89. The van der Waals surface area contributed by atoms with Gasteiger partial charge in [0.2, 0.25) is 0 Å². The van der Waals surface area contributed by atoms with Crippen LogP contribution in [0.2, 0.25) is 0 Å². The molecule has 0 amide bonds. The van der Waals surface area contributed by atoms with Crippen molar-refractivity contribution < 1.29 is 9.90 Å². The molecule has 0 radical (unpaired) electrons. The zero-order valence-electron chi connectivity index (χ0n) is 10.8. The number of rotatable bonds is 7. The molecule has 0 aliphatic heterocycles. The fourth-order valence-corrected chi connectivity index (χ4v) is 4.53. The Morgan fingerprint density at radius 1 is 1.00 bits per heavy atom. The normalized spacial score (nSPS) is 9.67. The van der Waals surface area contributed by atoms with Gasteiger partial charge < -0.3 is 9.90 Å². The fourth-order valence-electron chi connectivity index (χ4n) is 1.51. The van der Waals surface area contributed by atoms with Gasteiger partial charge in [0.1, 0.15) is 0 Å². The van der Waals surface area contributed by atoms with Gasteiger partial charge in [0.05, 0.1) is 18.5 Å². The van der Waals surface area contributed by atoms with Gasteiger partial charge in [-0.1, -0.05) is 27.2 Å². The minimum absolute atomic E-state index is 0.0909. The Balaban J connectivity index is 0. The molecule has 0 aromatic heterocycles. The summed E-state index contributed by atoms with van der Waals surface area (Å²) in [7, 11) is 0.0909. The monoisotopic (exact) mass is 234 g/mol. The summed E-state index contributed by atoms with van der Waals surface area (Å²) < 4.78 is 0. The van der Waals surface area contributed by atoms with E-state index >= 15 is 0 Å². The van der Waals surface area contributed by atoms with Crippen LogP contribution in [-0.2, 0) is 4.79 Å². The van der Waals surface area contributed by atoms with E-state index in [2.05, 4.69) is 20.8 Å². The second-order valence-electron chi connectivity index (χ2n) is 3.85. The molecule has 0 atom stereocenters. The van der Waals surface area contributed by atoms with E-state index < -0.39 is 5.97 Å². The topological polar surface area (TPSA) is 40.1 Å². The third-order valence-corrected chi connectivity index (χ3v) is 5.57. The molecule has 0 saturated carbocycles. The first-order valence-electron chi connectivity index (χ1n) is 6.09. The minimum Gasteiger partial charge on any atom is -0.550 e. The van der Waals surface area contributed by atoms with Crippen molar-refractivity contribution in [3.05, 3.63) is 0 Å². The van der Waals surface area contributed by atoms with Crippen LogP contribution < -0.4 is 5.11 Å².